The molecule has 1 rings (SSSR count). The van der Waals surface area contributed by atoms with Gasteiger partial charge in [0.05, 0.1) is 0 Å². The van der Waals surface area contributed by atoms with E-state index in [0.717, 1.165) is 0 Å². The first-order valence-electron chi connectivity index (χ1n) is 4.59. The summed E-state index contributed by atoms with van der Waals surface area (Å²) in [6.07, 6.45) is 10.7. The molecule has 0 fully saturated rings. The minimum absolute atomic E-state index is 0.556. The Kier molecular flexibility index (Phi) is 9.89. The maximum absolute atomic E-state index is 4.89. The van der Waals surface area contributed by atoms with Crippen LogP contribution in [-0.2, 0) is 17.0 Å². The Bertz CT molecular complexity index is 176. The third-order valence-corrected chi connectivity index (χ3v) is 2.11. The topological polar surface area (TPSA) is 0 Å². The van der Waals surface area contributed by atoms with Crippen LogP contribution >= 0.6 is 18.6 Å². The molecule has 0 amide bonds. The van der Waals surface area contributed by atoms with Crippen LogP contribution in [0.5, 0.6) is 0 Å². The quantitative estimate of drug-likeness (QED) is 0.642. The van der Waals surface area contributed by atoms with E-state index in [2.05, 4.69) is 32.1 Å². The van der Waals surface area contributed by atoms with E-state index in [1.165, 1.54) is 19.3 Å². The maximum atomic E-state index is 4.89. The fourth-order valence-electron chi connectivity index (χ4n) is 1.31. The van der Waals surface area contributed by atoms with E-state index in [4.69, 9.17) is 18.6 Å². The van der Waals surface area contributed by atoms with Crippen LogP contribution in [0.15, 0.2) is 23.8 Å². The Balaban J connectivity index is 0.000000424. The first-order chi connectivity index (χ1) is 6.26. The molecule has 0 nitrogen and oxygen atoms in total. The Morgan fingerprint density at radius 2 is 2.08 bits per heavy atom. The van der Waals surface area contributed by atoms with Gasteiger partial charge in [0.25, 0.3) is 0 Å². The van der Waals surface area contributed by atoms with E-state index < -0.39 is 17.0 Å². The van der Waals surface area contributed by atoms with Crippen molar-refractivity contribution in [3.05, 3.63) is 23.8 Å². The molecule has 0 N–H and O–H groups in total. The SMILES string of the molecule is CCCCC1=CC=CC1C.[Cl][Ti][Cl]. The van der Waals surface area contributed by atoms with Gasteiger partial charge < -0.3 is 0 Å². The number of hydrogen-bond acceptors (Lipinski definition) is 0. The normalized spacial score (nSPS) is 19.1. The van der Waals surface area contributed by atoms with Crippen molar-refractivity contribution in [1.29, 1.82) is 0 Å². The van der Waals surface area contributed by atoms with Gasteiger partial charge in [-0.1, -0.05) is 44.1 Å². The van der Waals surface area contributed by atoms with Gasteiger partial charge in [0.1, 0.15) is 0 Å². The van der Waals surface area contributed by atoms with Crippen molar-refractivity contribution >= 4 is 18.6 Å². The number of unbranched alkanes of at least 4 members (excludes halogenated alkanes) is 1. The van der Waals surface area contributed by atoms with Gasteiger partial charge in [0.2, 0.25) is 0 Å². The van der Waals surface area contributed by atoms with Crippen LogP contribution in [0.25, 0.3) is 0 Å². The molecule has 0 spiro atoms. The predicted octanol–water partition coefficient (Wildman–Crippen LogP) is 4.69. The Labute approximate surface area is 98.1 Å². The van der Waals surface area contributed by atoms with E-state index >= 15 is 0 Å². The molecule has 0 aromatic heterocycles. The van der Waals surface area contributed by atoms with E-state index in [1.54, 1.807) is 5.57 Å². The molecule has 0 aliphatic heterocycles. The summed E-state index contributed by atoms with van der Waals surface area (Å²) in [5.41, 5.74) is 1.61. The molecule has 1 unspecified atom stereocenters. The first-order valence-corrected chi connectivity index (χ1v) is 8.89. The monoisotopic (exact) mass is 254 g/mol. The minimum atomic E-state index is -0.556. The van der Waals surface area contributed by atoms with Crippen molar-refractivity contribution < 1.29 is 17.0 Å². The van der Waals surface area contributed by atoms with Crippen LogP contribution < -0.4 is 0 Å². The molecule has 0 radical (unpaired) electrons. The summed E-state index contributed by atoms with van der Waals surface area (Å²) >= 11 is -0.556. The summed E-state index contributed by atoms with van der Waals surface area (Å²) in [6.45, 7) is 4.51. The molecule has 0 aromatic rings. The summed E-state index contributed by atoms with van der Waals surface area (Å²) in [5, 5.41) is 0. The van der Waals surface area contributed by atoms with Crippen molar-refractivity contribution in [2.24, 2.45) is 5.92 Å². The summed E-state index contributed by atoms with van der Waals surface area (Å²) in [4.78, 5) is 0. The predicted molar refractivity (Wildman–Crippen MR) is 57.6 cm³/mol. The van der Waals surface area contributed by atoms with E-state index in [1.807, 2.05) is 0 Å². The molecule has 0 bridgehead atoms. The van der Waals surface area contributed by atoms with E-state index in [-0.39, 0.29) is 0 Å². The molecule has 0 saturated carbocycles. The van der Waals surface area contributed by atoms with Crippen LogP contribution in [0.4, 0.5) is 0 Å². The molecule has 3 heteroatoms. The van der Waals surface area contributed by atoms with E-state index in [0.29, 0.717) is 5.92 Å². The second-order valence-corrected chi connectivity index (χ2v) is 5.67. The average molecular weight is 255 g/mol. The summed E-state index contributed by atoms with van der Waals surface area (Å²) < 4.78 is 0. The molecular weight excluding hydrogens is 239 g/mol. The van der Waals surface area contributed by atoms with Gasteiger partial charge in [-0.15, -0.1) is 0 Å². The fraction of sp³-hybridized carbons (Fsp3) is 0.600. The second kappa shape index (κ2) is 9.33. The van der Waals surface area contributed by atoms with Crippen molar-refractivity contribution in [3.8, 4) is 0 Å². The van der Waals surface area contributed by atoms with Crippen molar-refractivity contribution in [1.82, 2.24) is 0 Å². The molecule has 0 heterocycles. The van der Waals surface area contributed by atoms with Crippen LogP contribution in [0.2, 0.25) is 0 Å². The third kappa shape index (κ3) is 6.79. The van der Waals surface area contributed by atoms with Crippen LogP contribution in [0.3, 0.4) is 0 Å². The standard InChI is InChI=1S/C10H16.2ClH.Ti/c1-3-4-7-10-8-5-6-9(10)2;;;/h5-6,8-9H,3-4,7H2,1-2H3;2*1H;/q;;;+2/p-2. The zero-order valence-electron chi connectivity index (χ0n) is 8.19. The zero-order chi connectivity index (χ0) is 10.1. The third-order valence-electron chi connectivity index (χ3n) is 2.11. The van der Waals surface area contributed by atoms with Gasteiger partial charge in [-0.3, -0.25) is 0 Å². The van der Waals surface area contributed by atoms with Crippen molar-refractivity contribution in [2.45, 2.75) is 33.1 Å². The molecule has 74 valence electrons. The Hall–Kier alpha value is 0.774. The number of hydrogen-bond donors (Lipinski definition) is 0. The molecule has 1 aliphatic rings. The molecule has 1 atom stereocenters. The molecule has 0 aromatic carbocycles. The fourth-order valence-corrected chi connectivity index (χ4v) is 1.31. The van der Waals surface area contributed by atoms with Crippen molar-refractivity contribution in [3.63, 3.8) is 0 Å². The van der Waals surface area contributed by atoms with Crippen LogP contribution in [0, 0.1) is 5.92 Å². The number of halogens is 2. The van der Waals surface area contributed by atoms with Gasteiger partial charge in [0.15, 0.2) is 0 Å². The molecule has 1 aliphatic carbocycles. The van der Waals surface area contributed by atoms with Gasteiger partial charge >= 0.3 is 35.6 Å². The Morgan fingerprint density at radius 3 is 2.46 bits per heavy atom. The first kappa shape index (κ1) is 13.8. The molecule has 13 heavy (non-hydrogen) atoms. The summed E-state index contributed by atoms with van der Waals surface area (Å²) in [5.74, 6) is 0.714. The van der Waals surface area contributed by atoms with Crippen LogP contribution in [0.1, 0.15) is 33.1 Å². The van der Waals surface area contributed by atoms with Crippen molar-refractivity contribution in [2.75, 3.05) is 0 Å². The second-order valence-electron chi connectivity index (χ2n) is 3.09. The van der Waals surface area contributed by atoms with Gasteiger partial charge in [-0.05, 0) is 18.8 Å². The molecule has 0 saturated heterocycles. The van der Waals surface area contributed by atoms with Gasteiger partial charge in [0, 0.05) is 0 Å². The summed E-state index contributed by atoms with van der Waals surface area (Å²) in [7, 11) is 9.78. The average Bonchev–Trinajstić information content (AvgIpc) is 2.49. The van der Waals surface area contributed by atoms with Gasteiger partial charge in [-0.2, -0.15) is 0 Å². The zero-order valence-corrected chi connectivity index (χ0v) is 11.3. The molecular formula is C10H16Cl2Ti. The number of rotatable bonds is 3. The van der Waals surface area contributed by atoms with Gasteiger partial charge in [-0.25, -0.2) is 0 Å². The number of allylic oxidation sites excluding steroid dienone is 4. The Morgan fingerprint density at radius 1 is 1.46 bits per heavy atom. The van der Waals surface area contributed by atoms with E-state index in [9.17, 15) is 0 Å². The van der Waals surface area contributed by atoms with Crippen LogP contribution in [-0.4, -0.2) is 0 Å². The summed E-state index contributed by atoms with van der Waals surface area (Å²) in [6, 6.07) is 0.